The molecule has 0 saturated heterocycles. The minimum absolute atomic E-state index is 0.0307. The number of benzene rings is 2. The monoisotopic (exact) mass is 413 g/mol. The van der Waals surface area contributed by atoms with Crippen LogP contribution >= 0.6 is 0 Å². The fourth-order valence-electron chi connectivity index (χ4n) is 2.55. The predicted octanol–water partition coefficient (Wildman–Crippen LogP) is 3.90. The standard InChI is InChI=1S/C23H27NO6/c1-23(2,3)30-22(27)24-19(21(26)29-15-16-8-6-5-7-9-16)14-20(25)17-10-12-18(28-4)13-11-17/h5-13,19H,14-15H2,1-4H3,(H,24,27)/t19-/m0/s1. The molecule has 0 radical (unpaired) electrons. The maximum absolute atomic E-state index is 12.7. The zero-order valence-corrected chi connectivity index (χ0v) is 17.6. The minimum atomic E-state index is -1.18. The molecular formula is C23H27NO6. The van der Waals surface area contributed by atoms with Gasteiger partial charge in [-0.25, -0.2) is 9.59 Å². The van der Waals surface area contributed by atoms with Crippen LogP contribution in [0.4, 0.5) is 4.79 Å². The lowest BCUT2D eigenvalue weighted by molar-refractivity contribution is -0.147. The van der Waals surface area contributed by atoms with Crippen LogP contribution in [0.1, 0.15) is 43.1 Å². The highest BCUT2D eigenvalue weighted by atomic mass is 16.6. The van der Waals surface area contributed by atoms with Gasteiger partial charge in [0.2, 0.25) is 0 Å². The summed E-state index contributed by atoms with van der Waals surface area (Å²) in [6.45, 7) is 5.15. The smallest absolute Gasteiger partial charge is 0.408 e. The average molecular weight is 413 g/mol. The molecule has 1 amide bonds. The van der Waals surface area contributed by atoms with Crippen molar-refractivity contribution in [2.45, 2.75) is 45.4 Å². The topological polar surface area (TPSA) is 90.9 Å². The zero-order valence-electron chi connectivity index (χ0n) is 17.6. The molecule has 0 unspecified atom stereocenters. The van der Waals surface area contributed by atoms with E-state index in [1.54, 1.807) is 45.0 Å². The SMILES string of the molecule is COc1ccc(C(=O)C[C@H](NC(=O)OC(C)(C)C)C(=O)OCc2ccccc2)cc1. The second-order valence-electron chi connectivity index (χ2n) is 7.65. The Kier molecular flexibility index (Phi) is 7.98. The van der Waals surface area contributed by atoms with E-state index in [0.29, 0.717) is 11.3 Å². The van der Waals surface area contributed by atoms with Gasteiger partial charge in [0, 0.05) is 12.0 Å². The zero-order chi connectivity index (χ0) is 22.1. The Morgan fingerprint density at radius 2 is 1.60 bits per heavy atom. The van der Waals surface area contributed by atoms with E-state index in [4.69, 9.17) is 14.2 Å². The summed E-state index contributed by atoms with van der Waals surface area (Å²) in [5.74, 6) is -0.431. The number of rotatable bonds is 8. The summed E-state index contributed by atoms with van der Waals surface area (Å²) in [7, 11) is 1.53. The summed E-state index contributed by atoms with van der Waals surface area (Å²) in [5, 5.41) is 2.45. The molecule has 0 fully saturated rings. The molecule has 2 rings (SSSR count). The number of carbonyl (C=O) groups excluding carboxylic acids is 3. The number of carbonyl (C=O) groups is 3. The molecule has 2 aromatic rings. The number of hydrogen-bond acceptors (Lipinski definition) is 6. The highest BCUT2D eigenvalue weighted by Crippen LogP contribution is 2.15. The van der Waals surface area contributed by atoms with Gasteiger partial charge in [0.1, 0.15) is 24.0 Å². The van der Waals surface area contributed by atoms with Crippen molar-refractivity contribution in [3.8, 4) is 5.75 Å². The first-order valence-corrected chi connectivity index (χ1v) is 9.55. The van der Waals surface area contributed by atoms with Crippen molar-refractivity contribution in [2.75, 3.05) is 7.11 Å². The van der Waals surface area contributed by atoms with E-state index < -0.39 is 23.7 Å². The lowest BCUT2D eigenvalue weighted by atomic mass is 10.0. The van der Waals surface area contributed by atoms with Gasteiger partial charge in [-0.2, -0.15) is 0 Å². The molecular weight excluding hydrogens is 386 g/mol. The number of amides is 1. The largest absolute Gasteiger partial charge is 0.497 e. The molecule has 7 nitrogen and oxygen atoms in total. The molecule has 0 aromatic heterocycles. The molecule has 0 bridgehead atoms. The fourth-order valence-corrected chi connectivity index (χ4v) is 2.55. The number of methoxy groups -OCH3 is 1. The van der Waals surface area contributed by atoms with Crippen molar-refractivity contribution in [3.63, 3.8) is 0 Å². The maximum Gasteiger partial charge on any atom is 0.408 e. The summed E-state index contributed by atoms with van der Waals surface area (Å²) in [5.41, 5.74) is 0.439. The highest BCUT2D eigenvalue weighted by Gasteiger charge is 2.28. The van der Waals surface area contributed by atoms with Crippen molar-refractivity contribution in [1.29, 1.82) is 0 Å². The van der Waals surface area contributed by atoms with Crippen LogP contribution in [0.3, 0.4) is 0 Å². The Bertz CT molecular complexity index is 856. The van der Waals surface area contributed by atoms with Crippen molar-refractivity contribution in [1.82, 2.24) is 5.32 Å². The van der Waals surface area contributed by atoms with Gasteiger partial charge in [0.15, 0.2) is 5.78 Å². The van der Waals surface area contributed by atoms with Crippen LogP contribution in [0, 0.1) is 0 Å². The number of ether oxygens (including phenoxy) is 3. The van der Waals surface area contributed by atoms with Crippen LogP contribution in [0.15, 0.2) is 54.6 Å². The Morgan fingerprint density at radius 3 is 2.17 bits per heavy atom. The van der Waals surface area contributed by atoms with E-state index in [-0.39, 0.29) is 18.8 Å². The number of Topliss-reactive ketones (excluding diaryl/α,β-unsaturated/α-hetero) is 1. The molecule has 0 aliphatic carbocycles. The molecule has 0 aliphatic rings. The second-order valence-corrected chi connectivity index (χ2v) is 7.65. The third-order valence-electron chi connectivity index (χ3n) is 4.00. The Morgan fingerprint density at radius 1 is 0.967 bits per heavy atom. The van der Waals surface area contributed by atoms with Crippen molar-refractivity contribution >= 4 is 17.8 Å². The molecule has 1 N–H and O–H groups in total. The van der Waals surface area contributed by atoms with Gasteiger partial charge < -0.3 is 19.5 Å². The summed E-state index contributed by atoms with van der Waals surface area (Å²) in [6.07, 6.45) is -1.06. The van der Waals surface area contributed by atoms with Gasteiger partial charge in [-0.1, -0.05) is 30.3 Å². The molecule has 0 spiro atoms. The van der Waals surface area contributed by atoms with Crippen LogP contribution in [0.2, 0.25) is 0 Å². The Labute approximate surface area is 176 Å². The number of hydrogen-bond donors (Lipinski definition) is 1. The van der Waals surface area contributed by atoms with Crippen LogP contribution < -0.4 is 10.1 Å². The molecule has 7 heteroatoms. The number of ketones is 1. The van der Waals surface area contributed by atoms with Crippen molar-refractivity contribution in [3.05, 3.63) is 65.7 Å². The maximum atomic E-state index is 12.7. The summed E-state index contributed by atoms with van der Waals surface area (Å²) >= 11 is 0. The quantitative estimate of drug-likeness (QED) is 0.521. The molecule has 0 saturated carbocycles. The summed E-state index contributed by atoms with van der Waals surface area (Å²) < 4.78 is 15.6. The molecule has 30 heavy (non-hydrogen) atoms. The predicted molar refractivity (Wildman–Crippen MR) is 111 cm³/mol. The van der Waals surface area contributed by atoms with Crippen LogP contribution in [0.5, 0.6) is 5.75 Å². The van der Waals surface area contributed by atoms with Crippen LogP contribution in [-0.4, -0.2) is 36.6 Å². The van der Waals surface area contributed by atoms with Gasteiger partial charge >= 0.3 is 12.1 Å². The first-order chi connectivity index (χ1) is 14.2. The van der Waals surface area contributed by atoms with Crippen molar-refractivity contribution in [2.24, 2.45) is 0 Å². The van der Waals surface area contributed by atoms with Crippen LogP contribution in [-0.2, 0) is 20.9 Å². The van der Waals surface area contributed by atoms with E-state index >= 15 is 0 Å². The molecule has 2 aromatic carbocycles. The Hall–Kier alpha value is -3.35. The summed E-state index contributed by atoms with van der Waals surface area (Å²) in [4.78, 5) is 37.5. The number of esters is 1. The highest BCUT2D eigenvalue weighted by molar-refractivity contribution is 5.99. The molecule has 1 atom stereocenters. The van der Waals surface area contributed by atoms with E-state index in [0.717, 1.165) is 5.56 Å². The second kappa shape index (κ2) is 10.4. The molecule has 0 heterocycles. The van der Waals surface area contributed by atoms with Gasteiger partial charge in [-0.05, 0) is 50.6 Å². The lowest BCUT2D eigenvalue weighted by Crippen LogP contribution is -2.45. The minimum Gasteiger partial charge on any atom is -0.497 e. The molecule has 0 aliphatic heterocycles. The van der Waals surface area contributed by atoms with Crippen LogP contribution in [0.25, 0.3) is 0 Å². The number of nitrogens with one attached hydrogen (secondary N) is 1. The van der Waals surface area contributed by atoms with Gasteiger partial charge in [0.25, 0.3) is 0 Å². The first kappa shape index (κ1) is 22.9. The fraction of sp³-hybridized carbons (Fsp3) is 0.348. The third kappa shape index (κ3) is 7.58. The van der Waals surface area contributed by atoms with E-state index in [2.05, 4.69) is 5.32 Å². The third-order valence-corrected chi connectivity index (χ3v) is 4.00. The van der Waals surface area contributed by atoms with Gasteiger partial charge in [-0.15, -0.1) is 0 Å². The van der Waals surface area contributed by atoms with E-state index in [1.165, 1.54) is 7.11 Å². The Balaban J connectivity index is 2.09. The normalized spacial score (nSPS) is 11.9. The summed E-state index contributed by atoms with van der Waals surface area (Å²) in [6, 6.07) is 14.4. The van der Waals surface area contributed by atoms with E-state index in [1.807, 2.05) is 30.3 Å². The van der Waals surface area contributed by atoms with E-state index in [9.17, 15) is 14.4 Å². The lowest BCUT2D eigenvalue weighted by Gasteiger charge is -2.22. The van der Waals surface area contributed by atoms with Gasteiger partial charge in [0.05, 0.1) is 7.11 Å². The van der Waals surface area contributed by atoms with Gasteiger partial charge in [-0.3, -0.25) is 4.79 Å². The van der Waals surface area contributed by atoms with Crippen molar-refractivity contribution < 1.29 is 28.6 Å². The first-order valence-electron chi connectivity index (χ1n) is 9.55. The number of alkyl carbamates (subject to hydrolysis) is 1. The average Bonchev–Trinajstić information content (AvgIpc) is 2.71. The molecule has 160 valence electrons.